The molecule has 0 aliphatic rings. The lowest BCUT2D eigenvalue weighted by atomic mass is 10.1. The summed E-state index contributed by atoms with van der Waals surface area (Å²) >= 11 is 0. The van der Waals surface area contributed by atoms with E-state index in [0.29, 0.717) is 18.8 Å². The molecule has 0 spiro atoms. The molecule has 10 nitrogen and oxygen atoms in total. The fraction of sp³-hybridized carbons (Fsp3) is 0.522. The topological polar surface area (TPSA) is 146 Å². The third-order valence-corrected chi connectivity index (χ3v) is 4.60. The van der Waals surface area contributed by atoms with Crippen LogP contribution in [0.4, 0.5) is 5.69 Å². The van der Waals surface area contributed by atoms with Crippen LogP contribution in [0.15, 0.2) is 24.3 Å². The molecule has 0 unspecified atom stereocenters. The van der Waals surface area contributed by atoms with Gasteiger partial charge in [0, 0.05) is 37.2 Å². The van der Waals surface area contributed by atoms with Crippen LogP contribution in [0.2, 0.25) is 0 Å². The van der Waals surface area contributed by atoms with Crippen LogP contribution in [-0.2, 0) is 19.2 Å². The van der Waals surface area contributed by atoms with Crippen LogP contribution in [-0.4, -0.2) is 54.7 Å². The molecule has 0 saturated heterocycles. The van der Waals surface area contributed by atoms with Crippen molar-refractivity contribution in [2.45, 2.75) is 65.5 Å². The van der Waals surface area contributed by atoms with Gasteiger partial charge >= 0.3 is 0 Å². The lowest BCUT2D eigenvalue weighted by Gasteiger charge is -2.14. The minimum absolute atomic E-state index is 0.0816. The Labute approximate surface area is 194 Å². The standard InChI is InChI=1S/C23H35N5O5/c1-5-12-24-21(31)15(3)26-19(29)10-11-20(30)28-18-9-7-8-17(14-18)23(33)27-16(4)22(32)25-13-6-2/h7-9,14-16H,5-6,10-13H2,1-4H3,(H,24,31)(H,25,32)(H,26,29)(H,27,33)(H,28,30)/t15-,16+/m1/s1. The van der Waals surface area contributed by atoms with Crippen molar-refractivity contribution in [3.05, 3.63) is 29.8 Å². The maximum atomic E-state index is 12.4. The Morgan fingerprint density at radius 3 is 1.91 bits per heavy atom. The average molecular weight is 462 g/mol. The highest BCUT2D eigenvalue weighted by molar-refractivity contribution is 5.99. The molecular weight excluding hydrogens is 426 g/mol. The molecule has 182 valence electrons. The van der Waals surface area contributed by atoms with E-state index in [1.165, 1.54) is 6.07 Å². The number of carbonyl (C=O) groups is 5. The average Bonchev–Trinajstić information content (AvgIpc) is 2.79. The normalized spacial score (nSPS) is 12.1. The predicted molar refractivity (Wildman–Crippen MR) is 125 cm³/mol. The van der Waals surface area contributed by atoms with Crippen LogP contribution < -0.4 is 26.6 Å². The van der Waals surface area contributed by atoms with Crippen LogP contribution >= 0.6 is 0 Å². The van der Waals surface area contributed by atoms with Gasteiger partial charge in [0.25, 0.3) is 5.91 Å². The van der Waals surface area contributed by atoms with Gasteiger partial charge in [0.1, 0.15) is 12.1 Å². The summed E-state index contributed by atoms with van der Waals surface area (Å²) in [6.45, 7) is 8.09. The Morgan fingerprint density at radius 1 is 0.788 bits per heavy atom. The van der Waals surface area contributed by atoms with Gasteiger partial charge in [-0.2, -0.15) is 0 Å². The molecule has 10 heteroatoms. The van der Waals surface area contributed by atoms with E-state index >= 15 is 0 Å². The fourth-order valence-corrected chi connectivity index (χ4v) is 2.72. The van der Waals surface area contributed by atoms with Gasteiger partial charge in [-0.3, -0.25) is 24.0 Å². The monoisotopic (exact) mass is 461 g/mol. The van der Waals surface area contributed by atoms with Crippen molar-refractivity contribution in [3.63, 3.8) is 0 Å². The van der Waals surface area contributed by atoms with E-state index in [1.54, 1.807) is 32.0 Å². The Hall–Kier alpha value is -3.43. The van der Waals surface area contributed by atoms with Crippen molar-refractivity contribution in [2.75, 3.05) is 18.4 Å². The van der Waals surface area contributed by atoms with Gasteiger partial charge in [-0.15, -0.1) is 0 Å². The first kappa shape index (κ1) is 27.6. The van der Waals surface area contributed by atoms with Gasteiger partial charge in [-0.1, -0.05) is 19.9 Å². The van der Waals surface area contributed by atoms with Gasteiger partial charge in [-0.25, -0.2) is 0 Å². The highest BCUT2D eigenvalue weighted by Gasteiger charge is 2.17. The molecule has 5 amide bonds. The second-order valence-corrected chi connectivity index (χ2v) is 7.70. The molecule has 0 fully saturated rings. The second kappa shape index (κ2) is 14.6. The smallest absolute Gasteiger partial charge is 0.251 e. The van der Waals surface area contributed by atoms with Crippen LogP contribution in [0, 0.1) is 0 Å². The van der Waals surface area contributed by atoms with Crippen molar-refractivity contribution in [2.24, 2.45) is 0 Å². The molecule has 0 bridgehead atoms. The molecule has 0 saturated carbocycles. The first-order valence-electron chi connectivity index (χ1n) is 11.2. The van der Waals surface area contributed by atoms with Crippen LogP contribution in [0.1, 0.15) is 63.7 Å². The summed E-state index contributed by atoms with van der Waals surface area (Å²) in [5, 5.41) is 13.2. The number of anilines is 1. The SMILES string of the molecule is CCCNC(=O)[C@H](C)NC(=O)c1cccc(NC(=O)CCC(=O)N[C@H](C)C(=O)NCCC)c1. The van der Waals surface area contributed by atoms with Crippen LogP contribution in [0.25, 0.3) is 0 Å². The van der Waals surface area contributed by atoms with Crippen molar-refractivity contribution in [1.29, 1.82) is 0 Å². The summed E-state index contributed by atoms with van der Waals surface area (Å²) in [6.07, 6.45) is 1.42. The zero-order chi connectivity index (χ0) is 24.8. The minimum atomic E-state index is -0.702. The van der Waals surface area contributed by atoms with Crippen molar-refractivity contribution < 1.29 is 24.0 Å². The summed E-state index contributed by atoms with van der Waals surface area (Å²) in [7, 11) is 0. The molecular formula is C23H35N5O5. The third-order valence-electron chi connectivity index (χ3n) is 4.60. The molecule has 0 radical (unpaired) electrons. The summed E-state index contributed by atoms with van der Waals surface area (Å²) in [5.74, 6) is -1.81. The Kier molecular flexibility index (Phi) is 12.2. The summed E-state index contributed by atoms with van der Waals surface area (Å²) in [6, 6.07) is 4.90. The predicted octanol–water partition coefficient (Wildman–Crippen LogP) is 1.08. The van der Waals surface area contributed by atoms with E-state index < -0.39 is 29.8 Å². The second-order valence-electron chi connectivity index (χ2n) is 7.70. The lowest BCUT2D eigenvalue weighted by molar-refractivity contribution is -0.129. The fourth-order valence-electron chi connectivity index (χ4n) is 2.72. The largest absolute Gasteiger partial charge is 0.354 e. The Bertz CT molecular complexity index is 842. The van der Waals surface area contributed by atoms with Crippen molar-refractivity contribution >= 4 is 35.2 Å². The molecule has 1 rings (SSSR count). The van der Waals surface area contributed by atoms with E-state index in [1.807, 2.05) is 13.8 Å². The molecule has 33 heavy (non-hydrogen) atoms. The number of hydrogen-bond donors (Lipinski definition) is 5. The van der Waals surface area contributed by atoms with Gasteiger partial charge in [0.05, 0.1) is 0 Å². The van der Waals surface area contributed by atoms with Gasteiger partial charge in [0.2, 0.25) is 23.6 Å². The van der Waals surface area contributed by atoms with E-state index in [0.717, 1.165) is 12.8 Å². The quantitative estimate of drug-likeness (QED) is 0.298. The molecule has 2 atom stereocenters. The number of hydrogen-bond acceptors (Lipinski definition) is 5. The first-order chi connectivity index (χ1) is 15.7. The highest BCUT2D eigenvalue weighted by atomic mass is 16.2. The van der Waals surface area contributed by atoms with E-state index in [4.69, 9.17) is 0 Å². The number of nitrogens with one attached hydrogen (secondary N) is 5. The molecule has 1 aromatic rings. The Morgan fingerprint density at radius 2 is 1.33 bits per heavy atom. The molecule has 0 aliphatic heterocycles. The van der Waals surface area contributed by atoms with Crippen LogP contribution in [0.5, 0.6) is 0 Å². The van der Waals surface area contributed by atoms with Crippen LogP contribution in [0.3, 0.4) is 0 Å². The first-order valence-corrected chi connectivity index (χ1v) is 11.2. The van der Waals surface area contributed by atoms with Gasteiger partial charge in [-0.05, 0) is 44.9 Å². The molecule has 0 aliphatic carbocycles. The molecule has 1 aromatic carbocycles. The molecule has 0 heterocycles. The number of amides is 5. The Balaban J connectivity index is 2.52. The molecule has 0 aromatic heterocycles. The van der Waals surface area contributed by atoms with Gasteiger partial charge in [0.15, 0.2) is 0 Å². The van der Waals surface area contributed by atoms with Crippen molar-refractivity contribution in [1.82, 2.24) is 21.3 Å². The lowest BCUT2D eigenvalue weighted by Crippen LogP contribution is -2.45. The van der Waals surface area contributed by atoms with E-state index in [9.17, 15) is 24.0 Å². The number of carbonyl (C=O) groups excluding carboxylic acids is 5. The highest BCUT2D eigenvalue weighted by Crippen LogP contribution is 2.12. The maximum Gasteiger partial charge on any atom is 0.251 e. The summed E-state index contributed by atoms with van der Waals surface area (Å²) in [4.78, 5) is 60.3. The maximum absolute atomic E-state index is 12.4. The van der Waals surface area contributed by atoms with E-state index in [2.05, 4.69) is 26.6 Å². The van der Waals surface area contributed by atoms with Crippen molar-refractivity contribution in [3.8, 4) is 0 Å². The van der Waals surface area contributed by atoms with E-state index in [-0.39, 0.29) is 30.2 Å². The summed E-state index contributed by atoms with van der Waals surface area (Å²) < 4.78 is 0. The molecule has 5 N–H and O–H groups in total. The third kappa shape index (κ3) is 10.6. The number of rotatable bonds is 13. The number of benzene rings is 1. The minimum Gasteiger partial charge on any atom is -0.354 e. The zero-order valence-electron chi connectivity index (χ0n) is 19.7. The summed E-state index contributed by atoms with van der Waals surface area (Å²) in [5.41, 5.74) is 0.677. The zero-order valence-corrected chi connectivity index (χ0v) is 19.7. The van der Waals surface area contributed by atoms with Gasteiger partial charge < -0.3 is 26.6 Å².